The van der Waals surface area contributed by atoms with Crippen LogP contribution in [0.15, 0.2) is 22.7 Å². The summed E-state index contributed by atoms with van der Waals surface area (Å²) in [7, 11) is 0. The van der Waals surface area contributed by atoms with Crippen molar-refractivity contribution in [3.8, 4) is 0 Å². The molecule has 1 atom stereocenters. The SMILES string of the molecule is CC1(C(N)=O)CCN(c2ccc(Br)cc2CNC2CC2)C1. The summed E-state index contributed by atoms with van der Waals surface area (Å²) in [5.41, 5.74) is 7.65. The predicted molar refractivity (Wildman–Crippen MR) is 88.1 cm³/mol. The molecule has 0 spiro atoms. The van der Waals surface area contributed by atoms with Crippen molar-refractivity contribution in [2.75, 3.05) is 18.0 Å². The van der Waals surface area contributed by atoms with Crippen LogP contribution in [0.25, 0.3) is 0 Å². The van der Waals surface area contributed by atoms with Crippen molar-refractivity contribution >= 4 is 27.5 Å². The van der Waals surface area contributed by atoms with E-state index in [0.717, 1.165) is 24.0 Å². The van der Waals surface area contributed by atoms with Crippen LogP contribution in [0.3, 0.4) is 0 Å². The topological polar surface area (TPSA) is 58.4 Å². The van der Waals surface area contributed by atoms with Crippen molar-refractivity contribution in [1.29, 1.82) is 0 Å². The fourth-order valence-corrected chi connectivity index (χ4v) is 3.32. The maximum absolute atomic E-state index is 11.6. The lowest BCUT2D eigenvalue weighted by molar-refractivity contribution is -0.125. The maximum Gasteiger partial charge on any atom is 0.225 e. The monoisotopic (exact) mass is 351 g/mol. The number of rotatable bonds is 5. The number of nitrogens with two attached hydrogens (primary N) is 1. The smallest absolute Gasteiger partial charge is 0.225 e. The second-order valence-electron chi connectivity index (χ2n) is 6.52. The third kappa shape index (κ3) is 3.24. The predicted octanol–water partition coefficient (Wildman–Crippen LogP) is 2.40. The summed E-state index contributed by atoms with van der Waals surface area (Å²) in [5, 5.41) is 3.57. The Morgan fingerprint density at radius 3 is 2.90 bits per heavy atom. The minimum atomic E-state index is -0.408. The van der Waals surface area contributed by atoms with E-state index < -0.39 is 5.41 Å². The Labute approximate surface area is 134 Å². The van der Waals surface area contributed by atoms with Crippen LogP contribution in [-0.4, -0.2) is 25.0 Å². The van der Waals surface area contributed by atoms with Gasteiger partial charge in [-0.05, 0) is 49.9 Å². The van der Waals surface area contributed by atoms with Crippen LogP contribution >= 0.6 is 15.9 Å². The summed E-state index contributed by atoms with van der Waals surface area (Å²) >= 11 is 3.55. The molecule has 5 heteroatoms. The van der Waals surface area contributed by atoms with E-state index in [4.69, 9.17) is 5.73 Å². The van der Waals surface area contributed by atoms with Gasteiger partial charge in [0, 0.05) is 35.8 Å². The van der Waals surface area contributed by atoms with Gasteiger partial charge in [-0.3, -0.25) is 4.79 Å². The molecule has 0 radical (unpaired) electrons. The molecule has 1 saturated heterocycles. The largest absolute Gasteiger partial charge is 0.370 e. The third-order valence-corrected chi connectivity index (χ3v) is 5.10. The van der Waals surface area contributed by atoms with Crippen LogP contribution < -0.4 is 16.0 Å². The van der Waals surface area contributed by atoms with E-state index in [9.17, 15) is 4.79 Å². The Bertz CT molecular complexity index is 558. The average molecular weight is 352 g/mol. The molecule has 1 heterocycles. The number of halogens is 1. The van der Waals surface area contributed by atoms with Gasteiger partial charge in [-0.1, -0.05) is 15.9 Å². The van der Waals surface area contributed by atoms with Crippen molar-refractivity contribution in [1.82, 2.24) is 5.32 Å². The number of nitrogens with zero attached hydrogens (tertiary/aromatic N) is 1. The van der Waals surface area contributed by atoms with Crippen LogP contribution in [0.5, 0.6) is 0 Å². The minimum Gasteiger partial charge on any atom is -0.370 e. The molecule has 1 aliphatic carbocycles. The molecule has 2 fully saturated rings. The van der Waals surface area contributed by atoms with E-state index >= 15 is 0 Å². The van der Waals surface area contributed by atoms with Gasteiger partial charge in [-0.2, -0.15) is 0 Å². The maximum atomic E-state index is 11.6. The second-order valence-corrected chi connectivity index (χ2v) is 7.44. The highest BCUT2D eigenvalue weighted by molar-refractivity contribution is 9.10. The van der Waals surface area contributed by atoms with E-state index in [2.05, 4.69) is 44.3 Å². The van der Waals surface area contributed by atoms with Crippen LogP contribution in [0.1, 0.15) is 31.7 Å². The third-order valence-electron chi connectivity index (χ3n) is 4.61. The van der Waals surface area contributed by atoms with Gasteiger partial charge in [0.25, 0.3) is 0 Å². The number of primary amides is 1. The first-order valence-corrected chi connectivity index (χ1v) is 8.34. The van der Waals surface area contributed by atoms with Crippen molar-refractivity contribution in [3.05, 3.63) is 28.2 Å². The number of hydrogen-bond donors (Lipinski definition) is 2. The highest BCUT2D eigenvalue weighted by Gasteiger charge is 2.39. The lowest BCUT2D eigenvalue weighted by Crippen LogP contribution is -2.37. The highest BCUT2D eigenvalue weighted by Crippen LogP contribution is 2.35. The molecule has 0 aromatic heterocycles. The zero-order chi connectivity index (χ0) is 15.0. The van der Waals surface area contributed by atoms with E-state index in [1.807, 2.05) is 6.92 Å². The first-order valence-electron chi connectivity index (χ1n) is 7.55. The molecule has 1 saturated carbocycles. The van der Waals surface area contributed by atoms with E-state index in [1.165, 1.54) is 24.1 Å². The summed E-state index contributed by atoms with van der Waals surface area (Å²) in [6.45, 7) is 4.44. The number of carbonyl (C=O) groups is 1. The fraction of sp³-hybridized carbons (Fsp3) is 0.562. The van der Waals surface area contributed by atoms with Gasteiger partial charge in [0.15, 0.2) is 0 Å². The van der Waals surface area contributed by atoms with Crippen molar-refractivity contribution in [2.24, 2.45) is 11.1 Å². The Kier molecular flexibility index (Phi) is 3.97. The fourth-order valence-electron chi connectivity index (χ4n) is 2.91. The molecule has 21 heavy (non-hydrogen) atoms. The second kappa shape index (κ2) is 5.61. The number of amides is 1. The van der Waals surface area contributed by atoms with Crippen LogP contribution in [0.4, 0.5) is 5.69 Å². The van der Waals surface area contributed by atoms with Crippen LogP contribution in [-0.2, 0) is 11.3 Å². The first-order chi connectivity index (χ1) is 9.98. The van der Waals surface area contributed by atoms with Gasteiger partial charge in [0.1, 0.15) is 0 Å². The van der Waals surface area contributed by atoms with Crippen molar-refractivity contribution in [3.63, 3.8) is 0 Å². The van der Waals surface area contributed by atoms with E-state index in [1.54, 1.807) is 0 Å². The standard InChI is InChI=1S/C16H22BrN3O/c1-16(15(18)21)6-7-20(10-16)14-5-2-12(17)8-11(14)9-19-13-3-4-13/h2,5,8,13,19H,3-4,6-7,9-10H2,1H3,(H2,18,21). The Morgan fingerprint density at radius 1 is 1.52 bits per heavy atom. The molecule has 4 nitrogen and oxygen atoms in total. The van der Waals surface area contributed by atoms with Gasteiger partial charge in [-0.25, -0.2) is 0 Å². The summed E-state index contributed by atoms with van der Waals surface area (Å²) in [6, 6.07) is 7.06. The Balaban J connectivity index is 1.79. The Hall–Kier alpha value is -1.07. The first kappa shape index (κ1) is 14.9. The molecule has 2 aliphatic rings. The van der Waals surface area contributed by atoms with Crippen LogP contribution in [0, 0.1) is 5.41 Å². The number of carbonyl (C=O) groups excluding carboxylic acids is 1. The average Bonchev–Trinajstić information content (AvgIpc) is 3.18. The Morgan fingerprint density at radius 2 is 2.29 bits per heavy atom. The summed E-state index contributed by atoms with van der Waals surface area (Å²) in [6.07, 6.45) is 3.40. The van der Waals surface area contributed by atoms with Gasteiger partial charge < -0.3 is 16.0 Å². The number of nitrogens with one attached hydrogen (secondary N) is 1. The van der Waals surface area contributed by atoms with Crippen molar-refractivity contribution in [2.45, 2.75) is 38.8 Å². The number of hydrogen-bond acceptors (Lipinski definition) is 3. The minimum absolute atomic E-state index is 0.195. The molecule has 0 bridgehead atoms. The molecule has 3 N–H and O–H groups in total. The van der Waals surface area contributed by atoms with Gasteiger partial charge in [0.05, 0.1) is 5.41 Å². The number of anilines is 1. The zero-order valence-corrected chi connectivity index (χ0v) is 13.9. The molecule has 3 rings (SSSR count). The molecule has 1 amide bonds. The van der Waals surface area contributed by atoms with Gasteiger partial charge >= 0.3 is 0 Å². The lowest BCUT2D eigenvalue weighted by Gasteiger charge is -2.25. The lowest BCUT2D eigenvalue weighted by atomic mass is 9.89. The molecule has 1 aromatic rings. The number of benzene rings is 1. The van der Waals surface area contributed by atoms with Gasteiger partial charge in [-0.15, -0.1) is 0 Å². The molecule has 1 aromatic carbocycles. The van der Waals surface area contributed by atoms with Gasteiger partial charge in [0.2, 0.25) is 5.91 Å². The summed E-state index contributed by atoms with van der Waals surface area (Å²) < 4.78 is 1.09. The van der Waals surface area contributed by atoms with Crippen LogP contribution in [0.2, 0.25) is 0 Å². The molecule has 1 aliphatic heterocycles. The summed E-state index contributed by atoms with van der Waals surface area (Å²) in [4.78, 5) is 13.9. The molecule has 1 unspecified atom stereocenters. The molecular weight excluding hydrogens is 330 g/mol. The zero-order valence-electron chi connectivity index (χ0n) is 12.4. The normalized spacial score (nSPS) is 25.3. The highest BCUT2D eigenvalue weighted by atomic mass is 79.9. The molecule has 114 valence electrons. The molecular formula is C16H22BrN3O. The van der Waals surface area contributed by atoms with E-state index in [-0.39, 0.29) is 5.91 Å². The van der Waals surface area contributed by atoms with E-state index in [0.29, 0.717) is 12.6 Å². The quantitative estimate of drug-likeness (QED) is 0.856. The summed E-state index contributed by atoms with van der Waals surface area (Å²) in [5.74, 6) is -0.195. The van der Waals surface area contributed by atoms with Crippen molar-refractivity contribution < 1.29 is 4.79 Å².